The summed E-state index contributed by atoms with van der Waals surface area (Å²) in [5.41, 5.74) is 12.6. The molecule has 4 N–H and O–H groups in total. The van der Waals surface area contributed by atoms with Crippen LogP contribution in [-0.4, -0.2) is 15.0 Å². The second-order valence-corrected chi connectivity index (χ2v) is 3.87. The monoisotopic (exact) mass is 243 g/mol. The number of rotatable bonds is 0. The summed E-state index contributed by atoms with van der Waals surface area (Å²) < 4.78 is 5.55. The van der Waals surface area contributed by atoms with Gasteiger partial charge in [-0.2, -0.15) is 9.97 Å². The zero-order valence-electron chi connectivity index (χ0n) is 9.47. The summed E-state index contributed by atoms with van der Waals surface area (Å²) >= 11 is 0. The van der Waals surface area contributed by atoms with Crippen molar-refractivity contribution in [3.63, 3.8) is 0 Å². The molecule has 1 aliphatic heterocycles. The first-order valence-corrected chi connectivity index (χ1v) is 5.19. The lowest BCUT2D eigenvalue weighted by Crippen LogP contribution is -2.08. The van der Waals surface area contributed by atoms with Crippen LogP contribution in [0.3, 0.4) is 0 Å². The fourth-order valence-corrected chi connectivity index (χ4v) is 1.74. The van der Waals surface area contributed by atoms with E-state index in [0.29, 0.717) is 22.5 Å². The van der Waals surface area contributed by atoms with Crippen LogP contribution in [0.15, 0.2) is 21.3 Å². The Morgan fingerprint density at radius 3 is 2.72 bits per heavy atom. The molecule has 7 heteroatoms. The molecule has 0 saturated carbocycles. The predicted molar refractivity (Wildman–Crippen MR) is 66.1 cm³/mol. The number of hydrogen-bond donors (Lipinski definition) is 2. The first-order valence-electron chi connectivity index (χ1n) is 5.19. The van der Waals surface area contributed by atoms with Gasteiger partial charge in [-0.25, -0.2) is 4.98 Å². The molecule has 0 fully saturated rings. The number of aromatic nitrogens is 3. The zero-order chi connectivity index (χ0) is 12.9. The number of nitrogen functional groups attached to an aromatic ring is 2. The molecular weight excluding hydrogens is 234 g/mol. The van der Waals surface area contributed by atoms with Crippen LogP contribution in [0.1, 0.15) is 5.56 Å². The number of anilines is 2. The van der Waals surface area contributed by atoms with Gasteiger partial charge >= 0.3 is 0 Å². The van der Waals surface area contributed by atoms with Crippen LogP contribution in [0, 0.1) is 6.92 Å². The summed E-state index contributed by atoms with van der Waals surface area (Å²) in [5, 5.41) is 0. The van der Waals surface area contributed by atoms with Crippen LogP contribution in [0.2, 0.25) is 0 Å². The van der Waals surface area contributed by atoms with Crippen molar-refractivity contribution < 1.29 is 4.42 Å². The van der Waals surface area contributed by atoms with Crippen molar-refractivity contribution in [1.29, 1.82) is 0 Å². The fourth-order valence-electron chi connectivity index (χ4n) is 1.74. The highest BCUT2D eigenvalue weighted by Gasteiger charge is 2.16. The van der Waals surface area contributed by atoms with E-state index in [1.165, 1.54) is 6.07 Å². The van der Waals surface area contributed by atoms with Gasteiger partial charge in [-0.3, -0.25) is 4.79 Å². The van der Waals surface area contributed by atoms with Crippen molar-refractivity contribution >= 4 is 23.0 Å². The molecule has 0 amide bonds. The van der Waals surface area contributed by atoms with E-state index in [0.717, 1.165) is 0 Å². The highest BCUT2D eigenvalue weighted by molar-refractivity contribution is 5.83. The van der Waals surface area contributed by atoms with Crippen molar-refractivity contribution in [2.24, 2.45) is 0 Å². The standard InChI is InChI=1S/C11H9N5O2/c1-4-6(17)3-2-5-8(4)18-10-7(14-5)9(12)15-11(13)16-10/h2-3H,1H3,(H4,12,13,15,16). The smallest absolute Gasteiger partial charge is 0.252 e. The van der Waals surface area contributed by atoms with Gasteiger partial charge in [0.15, 0.2) is 22.5 Å². The van der Waals surface area contributed by atoms with Crippen molar-refractivity contribution in [2.75, 3.05) is 11.5 Å². The lowest BCUT2D eigenvalue weighted by atomic mass is 10.1. The third-order valence-corrected chi connectivity index (χ3v) is 2.66. The average Bonchev–Trinajstić information content (AvgIpc) is 2.33. The molecule has 90 valence electrons. The van der Waals surface area contributed by atoms with E-state index in [1.54, 1.807) is 13.0 Å². The van der Waals surface area contributed by atoms with Gasteiger partial charge in [-0.1, -0.05) is 0 Å². The van der Waals surface area contributed by atoms with E-state index < -0.39 is 0 Å². The van der Waals surface area contributed by atoms with E-state index in [4.69, 9.17) is 15.9 Å². The maximum atomic E-state index is 11.5. The van der Waals surface area contributed by atoms with Crippen molar-refractivity contribution in [3.8, 4) is 11.5 Å². The molecule has 0 saturated heterocycles. The maximum absolute atomic E-state index is 11.5. The quantitative estimate of drug-likeness (QED) is 0.553. The Kier molecular flexibility index (Phi) is 1.97. The highest BCUT2D eigenvalue weighted by Crippen LogP contribution is 2.27. The van der Waals surface area contributed by atoms with Crippen LogP contribution in [0.25, 0.3) is 22.7 Å². The Labute approximate surface area is 101 Å². The third-order valence-electron chi connectivity index (χ3n) is 2.66. The Bertz CT molecular complexity index is 795. The molecular formula is C11H9N5O2. The average molecular weight is 243 g/mol. The molecule has 0 bridgehead atoms. The molecule has 0 aromatic carbocycles. The highest BCUT2D eigenvalue weighted by atomic mass is 16.3. The van der Waals surface area contributed by atoms with Gasteiger partial charge in [0.2, 0.25) is 5.95 Å². The zero-order valence-corrected chi connectivity index (χ0v) is 9.47. The number of nitrogens with zero attached hydrogens (tertiary/aromatic N) is 3. The van der Waals surface area contributed by atoms with Crippen LogP contribution in [0.4, 0.5) is 11.8 Å². The van der Waals surface area contributed by atoms with Crippen LogP contribution in [0.5, 0.6) is 0 Å². The minimum absolute atomic E-state index is 0.000770. The second kappa shape index (κ2) is 3.39. The topological polar surface area (TPSA) is 121 Å². The van der Waals surface area contributed by atoms with Crippen molar-refractivity contribution in [1.82, 2.24) is 15.0 Å². The summed E-state index contributed by atoms with van der Waals surface area (Å²) in [6.07, 6.45) is 0. The Balaban J connectivity index is 2.53. The molecule has 2 heterocycles. The summed E-state index contributed by atoms with van der Waals surface area (Å²) in [4.78, 5) is 23.5. The number of hydrogen-bond acceptors (Lipinski definition) is 7. The van der Waals surface area contributed by atoms with E-state index >= 15 is 0 Å². The predicted octanol–water partition coefficient (Wildman–Crippen LogP) is 0.556. The lowest BCUT2D eigenvalue weighted by molar-refractivity contribution is 0.595. The second-order valence-electron chi connectivity index (χ2n) is 3.87. The Morgan fingerprint density at radius 1 is 1.17 bits per heavy atom. The largest absolute Gasteiger partial charge is 0.434 e. The van der Waals surface area contributed by atoms with Crippen molar-refractivity contribution in [3.05, 3.63) is 27.9 Å². The number of benzene rings is 1. The SMILES string of the molecule is Cc1c2oc3nc(N)nc(N)c3nc-2ccc1=O. The number of nitrogens with two attached hydrogens (primary N) is 2. The van der Waals surface area contributed by atoms with Gasteiger partial charge in [0.05, 0.1) is 0 Å². The molecule has 0 unspecified atom stereocenters. The molecule has 1 aliphatic carbocycles. The molecule has 1 aromatic heterocycles. The molecule has 2 aliphatic rings. The summed E-state index contributed by atoms with van der Waals surface area (Å²) in [6, 6.07) is 3.00. The Morgan fingerprint density at radius 2 is 1.94 bits per heavy atom. The van der Waals surface area contributed by atoms with Crippen LogP contribution < -0.4 is 16.9 Å². The third kappa shape index (κ3) is 1.37. The van der Waals surface area contributed by atoms with Gasteiger partial charge < -0.3 is 15.9 Å². The minimum Gasteiger partial charge on any atom is -0.434 e. The first kappa shape index (κ1) is 10.5. The fraction of sp³-hybridized carbons (Fsp3) is 0.0909. The van der Waals surface area contributed by atoms with E-state index in [-0.39, 0.29) is 22.9 Å². The number of fused-ring (bicyclic) bond motifs is 2. The molecule has 1 aromatic rings. The van der Waals surface area contributed by atoms with Gasteiger partial charge in [0, 0.05) is 5.56 Å². The molecule has 18 heavy (non-hydrogen) atoms. The van der Waals surface area contributed by atoms with Gasteiger partial charge in [-0.05, 0) is 19.1 Å². The van der Waals surface area contributed by atoms with E-state index in [9.17, 15) is 4.79 Å². The summed E-state index contributed by atoms with van der Waals surface area (Å²) in [7, 11) is 0. The Hall–Kier alpha value is -2.70. The molecule has 7 nitrogen and oxygen atoms in total. The lowest BCUT2D eigenvalue weighted by Gasteiger charge is -2.08. The summed E-state index contributed by atoms with van der Waals surface area (Å²) in [5.74, 6) is 0.528. The summed E-state index contributed by atoms with van der Waals surface area (Å²) in [6.45, 7) is 1.66. The van der Waals surface area contributed by atoms with Gasteiger partial charge in [0.1, 0.15) is 5.69 Å². The van der Waals surface area contributed by atoms with E-state index in [1.807, 2.05) is 0 Å². The minimum atomic E-state index is -0.123. The molecule has 3 rings (SSSR count). The van der Waals surface area contributed by atoms with Gasteiger partial charge in [0.25, 0.3) is 5.71 Å². The van der Waals surface area contributed by atoms with Crippen LogP contribution in [-0.2, 0) is 0 Å². The van der Waals surface area contributed by atoms with Gasteiger partial charge in [-0.15, -0.1) is 0 Å². The molecule has 0 atom stereocenters. The van der Waals surface area contributed by atoms with E-state index in [2.05, 4.69) is 15.0 Å². The van der Waals surface area contributed by atoms with Crippen molar-refractivity contribution in [2.45, 2.75) is 6.92 Å². The normalized spacial score (nSPS) is 11.2. The first-order chi connectivity index (χ1) is 8.56. The van der Waals surface area contributed by atoms with Crippen LogP contribution >= 0.6 is 0 Å². The molecule has 0 radical (unpaired) electrons. The molecule has 0 spiro atoms. The maximum Gasteiger partial charge on any atom is 0.252 e.